The number of carbonyl (C=O) groups excluding carboxylic acids is 1. The van der Waals surface area contributed by atoms with Gasteiger partial charge in [-0.05, 0) is 36.6 Å². The van der Waals surface area contributed by atoms with Crippen molar-refractivity contribution in [3.63, 3.8) is 0 Å². The van der Waals surface area contributed by atoms with Gasteiger partial charge in [0.15, 0.2) is 11.5 Å². The molecule has 1 aliphatic heterocycles. The highest BCUT2D eigenvalue weighted by Crippen LogP contribution is 2.33. The Hall–Kier alpha value is -1.75. The van der Waals surface area contributed by atoms with Gasteiger partial charge in [0, 0.05) is 6.42 Å². The number of hydrazine groups is 1. The molecule has 0 bridgehead atoms. The molecular weight excluding hydrogens is 220 g/mol. The lowest BCUT2D eigenvalue weighted by molar-refractivity contribution is -0.121. The number of fused-ring (bicyclic) bond motifs is 1. The number of carbonyl (C=O) groups is 1. The Labute approximate surface area is 99.9 Å². The van der Waals surface area contributed by atoms with Crippen LogP contribution < -0.4 is 20.7 Å². The van der Waals surface area contributed by atoms with Crippen molar-refractivity contribution >= 4 is 5.91 Å². The average molecular weight is 236 g/mol. The highest BCUT2D eigenvalue weighted by Gasteiger charge is 2.14. The first-order chi connectivity index (χ1) is 8.20. The lowest BCUT2D eigenvalue weighted by atomic mass is 10.0. The molecule has 2 rings (SSSR count). The van der Waals surface area contributed by atoms with E-state index in [0.717, 1.165) is 22.6 Å². The number of aryl methyl sites for hydroxylation is 2. The van der Waals surface area contributed by atoms with Crippen LogP contribution in [0.4, 0.5) is 0 Å². The van der Waals surface area contributed by atoms with E-state index in [1.807, 2.05) is 19.1 Å². The molecule has 0 saturated carbocycles. The number of nitrogens with one attached hydrogen (secondary N) is 1. The third kappa shape index (κ3) is 2.68. The number of benzene rings is 1. The van der Waals surface area contributed by atoms with Gasteiger partial charge in [-0.3, -0.25) is 10.2 Å². The van der Waals surface area contributed by atoms with Gasteiger partial charge in [-0.2, -0.15) is 0 Å². The predicted molar refractivity (Wildman–Crippen MR) is 62.8 cm³/mol. The van der Waals surface area contributed by atoms with Crippen LogP contribution in [0.2, 0.25) is 0 Å². The summed E-state index contributed by atoms with van der Waals surface area (Å²) in [5.41, 5.74) is 4.30. The fourth-order valence-corrected chi connectivity index (χ4v) is 1.82. The van der Waals surface area contributed by atoms with E-state index in [1.54, 1.807) is 0 Å². The lowest BCUT2D eigenvalue weighted by Crippen LogP contribution is -2.30. The van der Waals surface area contributed by atoms with Crippen molar-refractivity contribution in [3.8, 4) is 11.5 Å². The molecule has 1 amide bonds. The smallest absolute Gasteiger partial charge is 0.234 e. The van der Waals surface area contributed by atoms with Gasteiger partial charge in [0.25, 0.3) is 0 Å². The summed E-state index contributed by atoms with van der Waals surface area (Å²) in [5.74, 6) is 6.41. The van der Waals surface area contributed by atoms with E-state index < -0.39 is 0 Å². The summed E-state index contributed by atoms with van der Waals surface area (Å²) in [4.78, 5) is 11.1. The molecule has 92 valence electrons. The zero-order chi connectivity index (χ0) is 12.3. The second-order valence-electron chi connectivity index (χ2n) is 3.99. The molecule has 1 aromatic rings. The Morgan fingerprint density at radius 3 is 2.65 bits per heavy atom. The molecule has 0 aromatic heterocycles. The van der Waals surface area contributed by atoms with Crippen LogP contribution in [0.15, 0.2) is 12.1 Å². The van der Waals surface area contributed by atoms with Gasteiger partial charge in [-0.25, -0.2) is 5.84 Å². The Morgan fingerprint density at radius 1 is 1.35 bits per heavy atom. The highest BCUT2D eigenvalue weighted by molar-refractivity contribution is 5.75. The van der Waals surface area contributed by atoms with Gasteiger partial charge in [-0.15, -0.1) is 0 Å². The Bertz CT molecular complexity index is 432. The van der Waals surface area contributed by atoms with Crippen LogP contribution in [0, 0.1) is 6.92 Å². The molecule has 0 atom stereocenters. The summed E-state index contributed by atoms with van der Waals surface area (Å²) in [6.45, 7) is 3.15. The summed E-state index contributed by atoms with van der Waals surface area (Å²) in [5, 5.41) is 0. The zero-order valence-electron chi connectivity index (χ0n) is 9.79. The molecule has 5 heteroatoms. The largest absolute Gasteiger partial charge is 0.486 e. The number of ether oxygens (including phenoxy) is 2. The van der Waals surface area contributed by atoms with Gasteiger partial charge < -0.3 is 9.47 Å². The van der Waals surface area contributed by atoms with Crippen LogP contribution in [0.1, 0.15) is 17.5 Å². The van der Waals surface area contributed by atoms with Crippen LogP contribution >= 0.6 is 0 Å². The van der Waals surface area contributed by atoms with Crippen molar-refractivity contribution in [2.75, 3.05) is 13.2 Å². The van der Waals surface area contributed by atoms with Gasteiger partial charge in [-0.1, -0.05) is 0 Å². The molecule has 0 spiro atoms. The van der Waals surface area contributed by atoms with E-state index in [2.05, 4.69) is 5.43 Å². The Morgan fingerprint density at radius 2 is 2.00 bits per heavy atom. The number of hydrogen-bond donors (Lipinski definition) is 2. The predicted octanol–water partition coefficient (Wildman–Crippen LogP) is 0.689. The third-order valence-electron chi connectivity index (χ3n) is 2.78. The highest BCUT2D eigenvalue weighted by atomic mass is 16.6. The van der Waals surface area contributed by atoms with Crippen molar-refractivity contribution in [2.24, 2.45) is 5.84 Å². The molecule has 17 heavy (non-hydrogen) atoms. The molecule has 0 unspecified atom stereocenters. The number of amides is 1. The number of nitrogens with two attached hydrogens (primary N) is 1. The minimum absolute atomic E-state index is 0.167. The van der Waals surface area contributed by atoms with Crippen molar-refractivity contribution < 1.29 is 14.3 Å². The van der Waals surface area contributed by atoms with E-state index in [-0.39, 0.29) is 5.91 Å². The average Bonchev–Trinajstić information content (AvgIpc) is 2.35. The molecule has 0 fully saturated rings. The van der Waals surface area contributed by atoms with Gasteiger partial charge in [0.05, 0.1) is 0 Å². The molecule has 3 N–H and O–H groups in total. The molecule has 0 radical (unpaired) electrons. The SMILES string of the molecule is Cc1cc2c(cc1CCC(=O)NN)OCCO2. The van der Waals surface area contributed by atoms with Crippen LogP contribution in [0.3, 0.4) is 0 Å². The van der Waals surface area contributed by atoms with E-state index in [1.165, 1.54) is 0 Å². The van der Waals surface area contributed by atoms with Gasteiger partial charge in [0.2, 0.25) is 5.91 Å². The molecule has 1 heterocycles. The second-order valence-corrected chi connectivity index (χ2v) is 3.99. The van der Waals surface area contributed by atoms with E-state index in [9.17, 15) is 4.79 Å². The fourth-order valence-electron chi connectivity index (χ4n) is 1.82. The summed E-state index contributed by atoms with van der Waals surface area (Å²) in [6, 6.07) is 3.89. The maximum absolute atomic E-state index is 11.1. The number of hydrogen-bond acceptors (Lipinski definition) is 4. The minimum atomic E-state index is -0.167. The number of rotatable bonds is 3. The van der Waals surface area contributed by atoms with Crippen molar-refractivity contribution in [2.45, 2.75) is 19.8 Å². The minimum Gasteiger partial charge on any atom is -0.486 e. The van der Waals surface area contributed by atoms with Crippen LogP contribution in [0.5, 0.6) is 11.5 Å². The second kappa shape index (κ2) is 5.05. The molecule has 1 aromatic carbocycles. The zero-order valence-corrected chi connectivity index (χ0v) is 9.79. The quantitative estimate of drug-likeness (QED) is 0.460. The molecular formula is C12H16N2O3. The molecule has 5 nitrogen and oxygen atoms in total. The first kappa shape index (κ1) is 11.7. The van der Waals surface area contributed by atoms with Crippen LogP contribution in [-0.4, -0.2) is 19.1 Å². The molecule has 0 aliphatic carbocycles. The van der Waals surface area contributed by atoms with E-state index >= 15 is 0 Å². The maximum atomic E-state index is 11.1. The standard InChI is InChI=1S/C12H16N2O3/c1-8-6-10-11(17-5-4-16-10)7-9(8)2-3-12(15)14-13/h6-7H,2-5,13H2,1H3,(H,14,15). The summed E-state index contributed by atoms with van der Waals surface area (Å²) in [7, 11) is 0. The van der Waals surface area contributed by atoms with E-state index in [0.29, 0.717) is 26.1 Å². The van der Waals surface area contributed by atoms with Gasteiger partial charge in [0.1, 0.15) is 13.2 Å². The van der Waals surface area contributed by atoms with Gasteiger partial charge >= 0.3 is 0 Å². The molecule has 1 aliphatic rings. The first-order valence-electron chi connectivity index (χ1n) is 5.59. The Balaban J connectivity index is 2.14. The summed E-state index contributed by atoms with van der Waals surface area (Å²) in [6.07, 6.45) is 1.02. The first-order valence-corrected chi connectivity index (χ1v) is 5.59. The normalized spacial score (nSPS) is 13.3. The van der Waals surface area contributed by atoms with Crippen LogP contribution in [0.25, 0.3) is 0 Å². The lowest BCUT2D eigenvalue weighted by Gasteiger charge is -2.20. The monoisotopic (exact) mass is 236 g/mol. The van der Waals surface area contributed by atoms with Crippen LogP contribution in [-0.2, 0) is 11.2 Å². The van der Waals surface area contributed by atoms with E-state index in [4.69, 9.17) is 15.3 Å². The molecule has 0 saturated heterocycles. The Kier molecular flexibility index (Phi) is 3.49. The van der Waals surface area contributed by atoms with Crippen molar-refractivity contribution in [1.29, 1.82) is 0 Å². The maximum Gasteiger partial charge on any atom is 0.234 e. The van der Waals surface area contributed by atoms with Crippen molar-refractivity contribution in [3.05, 3.63) is 23.3 Å². The van der Waals surface area contributed by atoms with Crippen molar-refractivity contribution in [1.82, 2.24) is 5.43 Å². The third-order valence-corrected chi connectivity index (χ3v) is 2.78. The fraction of sp³-hybridized carbons (Fsp3) is 0.417. The summed E-state index contributed by atoms with van der Waals surface area (Å²) < 4.78 is 11.0. The topological polar surface area (TPSA) is 73.6 Å². The summed E-state index contributed by atoms with van der Waals surface area (Å²) >= 11 is 0.